The van der Waals surface area contributed by atoms with Gasteiger partial charge in [-0.25, -0.2) is 0 Å². The third-order valence-electron chi connectivity index (χ3n) is 1.82. The quantitative estimate of drug-likeness (QED) is 0.643. The van der Waals surface area contributed by atoms with Gasteiger partial charge in [-0.3, -0.25) is 9.35 Å². The third-order valence-corrected chi connectivity index (χ3v) is 1.82. The molecule has 114 valence electrons. The van der Waals surface area contributed by atoms with Gasteiger partial charge >= 0.3 is 9.33 Å². The van der Waals surface area contributed by atoms with Crippen molar-refractivity contribution in [2.24, 2.45) is 0 Å². The topological polar surface area (TPSA) is 92.7 Å². The van der Waals surface area contributed by atoms with E-state index in [1.165, 1.54) is 0 Å². The number of ether oxygens (including phenoxy) is 1. The van der Waals surface area contributed by atoms with E-state index in [0.717, 1.165) is 0 Å². The molecule has 0 heterocycles. The number of nitrogens with one attached hydrogen (secondary N) is 1. The van der Waals surface area contributed by atoms with Crippen molar-refractivity contribution in [2.75, 3.05) is 7.11 Å². The Labute approximate surface area is 123 Å². The maximum absolute atomic E-state index is 11.8. The Kier molecular flexibility index (Phi) is 6.98. The molecule has 0 radical (unpaired) electrons. The summed E-state index contributed by atoms with van der Waals surface area (Å²) in [7, 11) is 1.45. The van der Waals surface area contributed by atoms with E-state index in [1.807, 2.05) is 26.8 Å². The molecule has 0 fully saturated rings. The van der Waals surface area contributed by atoms with Crippen molar-refractivity contribution in [1.82, 2.24) is 5.32 Å². The molecule has 0 bridgehead atoms. The molecule has 8 heteroatoms. The van der Waals surface area contributed by atoms with E-state index in [2.05, 4.69) is 16.0 Å². The number of halogens is 1. The van der Waals surface area contributed by atoms with Crippen molar-refractivity contribution in [3.05, 3.63) is 29.8 Å². The zero-order valence-electron chi connectivity index (χ0n) is 11.7. The Bertz CT molecular complexity index is 543. The lowest BCUT2D eigenvalue weighted by atomic mass is 10.1. The van der Waals surface area contributed by atoms with Crippen LogP contribution in [0.5, 0.6) is 5.75 Å². The van der Waals surface area contributed by atoms with E-state index in [4.69, 9.17) is 17.7 Å². The van der Waals surface area contributed by atoms with Crippen LogP contribution in [-0.4, -0.2) is 31.5 Å². The minimum atomic E-state index is -4.19. The predicted molar refractivity (Wildman–Crippen MR) is 77.6 cm³/mol. The Morgan fingerprint density at radius 2 is 1.85 bits per heavy atom. The Morgan fingerprint density at radius 3 is 2.25 bits per heavy atom. The van der Waals surface area contributed by atoms with Crippen molar-refractivity contribution < 1.29 is 22.5 Å². The van der Waals surface area contributed by atoms with Gasteiger partial charge in [0.15, 0.2) is 0 Å². The van der Waals surface area contributed by atoms with Gasteiger partial charge in [0, 0.05) is 21.8 Å². The van der Waals surface area contributed by atoms with Crippen molar-refractivity contribution in [3.63, 3.8) is 0 Å². The largest absolute Gasteiger partial charge is 0.497 e. The van der Waals surface area contributed by atoms with Gasteiger partial charge in [0.05, 0.1) is 7.11 Å². The van der Waals surface area contributed by atoms with E-state index in [-0.39, 0.29) is 11.4 Å². The van der Waals surface area contributed by atoms with Gasteiger partial charge in [0.1, 0.15) is 5.75 Å². The predicted octanol–water partition coefficient (Wildman–Crippen LogP) is 2.25. The van der Waals surface area contributed by atoms with E-state index < -0.39 is 9.33 Å². The minimum absolute atomic E-state index is 0.0820. The van der Waals surface area contributed by atoms with Crippen LogP contribution >= 0.6 is 10.7 Å². The molecule has 0 saturated heterocycles. The Morgan fingerprint density at radius 1 is 1.35 bits per heavy atom. The first-order valence-corrected chi connectivity index (χ1v) is 7.82. The molecule has 0 aliphatic rings. The molecule has 0 aromatic heterocycles. The normalized spacial score (nSPS) is 11.1. The summed E-state index contributed by atoms with van der Waals surface area (Å²) in [5.74, 6) is 0.609. The standard InChI is InChI=1S/C12H17NO2.ClHO3S/c1-12(2,3)13-11(14)9-6-5-7-10(8-9)15-4;1-5(2,3)4/h5-8H,1-4H3,(H,13,14);(H,2,3,4). The lowest BCUT2D eigenvalue weighted by Gasteiger charge is -2.20. The number of hydrogen-bond donors (Lipinski definition) is 2. The Hall–Kier alpha value is -1.31. The van der Waals surface area contributed by atoms with Crippen LogP contribution in [0.2, 0.25) is 0 Å². The molecule has 0 saturated carbocycles. The van der Waals surface area contributed by atoms with Crippen LogP contribution in [0, 0.1) is 0 Å². The molecule has 2 N–H and O–H groups in total. The molecule has 0 aliphatic heterocycles. The highest BCUT2D eigenvalue weighted by atomic mass is 35.7. The first-order valence-electron chi connectivity index (χ1n) is 5.56. The number of amides is 1. The maximum Gasteiger partial charge on any atom is 0.353 e. The summed E-state index contributed by atoms with van der Waals surface area (Å²) in [6.45, 7) is 5.85. The molecule has 0 aliphatic carbocycles. The van der Waals surface area contributed by atoms with Crippen LogP contribution in [0.3, 0.4) is 0 Å². The van der Waals surface area contributed by atoms with Gasteiger partial charge in [-0.05, 0) is 39.0 Å². The molecule has 0 unspecified atom stereocenters. The summed E-state index contributed by atoms with van der Waals surface area (Å²) in [6, 6.07) is 7.11. The first-order chi connectivity index (χ1) is 8.92. The van der Waals surface area contributed by atoms with Crippen LogP contribution in [0.25, 0.3) is 0 Å². The van der Waals surface area contributed by atoms with E-state index in [1.54, 1.807) is 25.3 Å². The van der Waals surface area contributed by atoms with Crippen LogP contribution in [0.4, 0.5) is 0 Å². The van der Waals surface area contributed by atoms with Gasteiger partial charge in [-0.15, -0.1) is 0 Å². The zero-order chi connectivity index (χ0) is 16.0. The van der Waals surface area contributed by atoms with E-state index >= 15 is 0 Å². The highest BCUT2D eigenvalue weighted by Crippen LogP contribution is 2.13. The minimum Gasteiger partial charge on any atom is -0.497 e. The zero-order valence-corrected chi connectivity index (χ0v) is 13.2. The average molecular weight is 324 g/mol. The molecule has 1 aromatic carbocycles. The monoisotopic (exact) mass is 323 g/mol. The fourth-order valence-electron chi connectivity index (χ4n) is 1.18. The lowest BCUT2D eigenvalue weighted by Crippen LogP contribution is -2.40. The molecule has 20 heavy (non-hydrogen) atoms. The average Bonchev–Trinajstić information content (AvgIpc) is 2.24. The highest BCUT2D eigenvalue weighted by molar-refractivity contribution is 8.09. The summed E-state index contributed by atoms with van der Waals surface area (Å²) < 4.78 is 30.2. The Balaban J connectivity index is 0.000000621. The summed E-state index contributed by atoms with van der Waals surface area (Å²) in [6.07, 6.45) is 0. The van der Waals surface area contributed by atoms with E-state index in [9.17, 15) is 4.79 Å². The molecule has 1 amide bonds. The SMILES string of the molecule is COc1cccc(C(=O)NC(C)(C)C)c1.O=S(=O)(O)Cl. The highest BCUT2D eigenvalue weighted by Gasteiger charge is 2.15. The number of carbonyl (C=O) groups excluding carboxylic acids is 1. The first kappa shape index (κ1) is 18.7. The van der Waals surface area contributed by atoms with Gasteiger partial charge in [0.2, 0.25) is 0 Å². The molecule has 0 atom stereocenters. The van der Waals surface area contributed by atoms with Crippen LogP contribution < -0.4 is 10.1 Å². The fraction of sp³-hybridized carbons (Fsp3) is 0.417. The van der Waals surface area contributed by atoms with Crippen LogP contribution in [-0.2, 0) is 9.33 Å². The summed E-state index contributed by atoms with van der Waals surface area (Å²) in [5.41, 5.74) is 0.393. The van der Waals surface area contributed by atoms with E-state index in [0.29, 0.717) is 11.3 Å². The van der Waals surface area contributed by atoms with Crippen molar-refractivity contribution >= 4 is 25.9 Å². The van der Waals surface area contributed by atoms with Gasteiger partial charge in [-0.2, -0.15) is 8.42 Å². The molecule has 6 nitrogen and oxygen atoms in total. The van der Waals surface area contributed by atoms with Crippen LogP contribution in [0.1, 0.15) is 31.1 Å². The summed E-state index contributed by atoms with van der Waals surface area (Å²) in [5, 5.41) is 2.89. The van der Waals surface area contributed by atoms with Crippen molar-refractivity contribution in [2.45, 2.75) is 26.3 Å². The lowest BCUT2D eigenvalue weighted by molar-refractivity contribution is 0.0919. The number of methoxy groups -OCH3 is 1. The third kappa shape index (κ3) is 10.6. The number of carbonyl (C=O) groups is 1. The molecular formula is C12H18ClNO5S. The second kappa shape index (κ2) is 7.47. The van der Waals surface area contributed by atoms with Gasteiger partial charge < -0.3 is 10.1 Å². The second-order valence-electron chi connectivity index (χ2n) is 4.85. The number of hydrogen-bond acceptors (Lipinski definition) is 4. The van der Waals surface area contributed by atoms with Crippen LogP contribution in [0.15, 0.2) is 24.3 Å². The molecule has 1 aromatic rings. The van der Waals surface area contributed by atoms with Gasteiger partial charge in [-0.1, -0.05) is 6.07 Å². The molecular weight excluding hydrogens is 306 g/mol. The summed E-state index contributed by atoms with van der Waals surface area (Å²) >= 11 is 0. The summed E-state index contributed by atoms with van der Waals surface area (Å²) in [4.78, 5) is 11.8. The molecule has 1 rings (SSSR count). The van der Waals surface area contributed by atoms with Crippen molar-refractivity contribution in [1.29, 1.82) is 0 Å². The number of benzene rings is 1. The number of rotatable bonds is 2. The fourth-order valence-corrected chi connectivity index (χ4v) is 1.18. The maximum atomic E-state index is 11.8. The second-order valence-corrected chi connectivity index (χ2v) is 6.84. The van der Waals surface area contributed by atoms with Gasteiger partial charge in [0.25, 0.3) is 5.91 Å². The smallest absolute Gasteiger partial charge is 0.353 e. The molecule has 0 spiro atoms. The van der Waals surface area contributed by atoms with Crippen molar-refractivity contribution in [3.8, 4) is 5.75 Å².